The van der Waals surface area contributed by atoms with Gasteiger partial charge < -0.3 is 4.42 Å². The van der Waals surface area contributed by atoms with Crippen molar-refractivity contribution in [2.24, 2.45) is 0 Å². The van der Waals surface area contributed by atoms with E-state index in [0.29, 0.717) is 22.1 Å². The summed E-state index contributed by atoms with van der Waals surface area (Å²) in [7, 11) is 0. The Morgan fingerprint density at radius 1 is 1.11 bits per heavy atom. The molecule has 0 amide bonds. The first-order chi connectivity index (χ1) is 12.6. The third-order valence-corrected chi connectivity index (χ3v) is 5.44. The normalized spacial score (nSPS) is 12.1. The summed E-state index contributed by atoms with van der Waals surface area (Å²) in [6.07, 6.45) is -4.37. The van der Waals surface area contributed by atoms with Gasteiger partial charge in [0.05, 0.1) is 5.56 Å². The zero-order chi connectivity index (χ0) is 19.8. The van der Waals surface area contributed by atoms with E-state index in [-0.39, 0.29) is 0 Å². The predicted molar refractivity (Wildman–Crippen MR) is 102 cm³/mol. The van der Waals surface area contributed by atoms with E-state index >= 15 is 0 Å². The van der Waals surface area contributed by atoms with Crippen molar-refractivity contribution in [1.29, 1.82) is 0 Å². The van der Waals surface area contributed by atoms with Crippen molar-refractivity contribution in [1.82, 2.24) is 0 Å². The van der Waals surface area contributed by atoms with Crippen LogP contribution in [0, 0.1) is 6.92 Å². The summed E-state index contributed by atoms with van der Waals surface area (Å²) in [6.45, 7) is 6.15. The highest BCUT2D eigenvalue weighted by molar-refractivity contribution is 7.98. The summed E-state index contributed by atoms with van der Waals surface area (Å²) in [5.74, 6) is 0.689. The first kappa shape index (κ1) is 19.5. The Morgan fingerprint density at radius 3 is 2.52 bits per heavy atom. The molecule has 0 atom stereocenters. The molecule has 0 bridgehead atoms. The molecule has 27 heavy (non-hydrogen) atoms. The molecule has 2 aromatic carbocycles. The maximum atomic E-state index is 12.9. The molecule has 1 aromatic heterocycles. The lowest BCUT2D eigenvalue weighted by Gasteiger charge is -2.13. The number of halogens is 3. The van der Waals surface area contributed by atoms with E-state index in [4.69, 9.17) is 4.42 Å². The molecular weight excluding hydrogens is 373 g/mol. The fourth-order valence-corrected chi connectivity index (χ4v) is 4.00. The van der Waals surface area contributed by atoms with Gasteiger partial charge >= 0.3 is 11.8 Å². The van der Waals surface area contributed by atoms with Gasteiger partial charge in [-0.05, 0) is 59.9 Å². The van der Waals surface area contributed by atoms with E-state index < -0.39 is 17.4 Å². The predicted octanol–water partition coefficient (Wildman–Crippen LogP) is 6.54. The van der Waals surface area contributed by atoms with Crippen LogP contribution in [-0.2, 0) is 11.9 Å². The van der Waals surface area contributed by atoms with Crippen molar-refractivity contribution in [3.8, 4) is 0 Å². The fraction of sp³-hybridized carbons (Fsp3) is 0.286. The quantitative estimate of drug-likeness (QED) is 0.373. The zero-order valence-corrected chi connectivity index (χ0v) is 16.0. The van der Waals surface area contributed by atoms with Crippen molar-refractivity contribution < 1.29 is 17.6 Å². The maximum absolute atomic E-state index is 12.9. The van der Waals surface area contributed by atoms with Gasteiger partial charge in [0.2, 0.25) is 0 Å². The summed E-state index contributed by atoms with van der Waals surface area (Å²) >= 11 is 1.27. The molecule has 0 saturated heterocycles. The van der Waals surface area contributed by atoms with Crippen LogP contribution in [0.25, 0.3) is 11.0 Å². The lowest BCUT2D eigenvalue weighted by atomic mass is 9.95. The lowest BCUT2D eigenvalue weighted by molar-refractivity contribution is -0.137. The van der Waals surface area contributed by atoms with E-state index in [1.54, 1.807) is 6.07 Å². The van der Waals surface area contributed by atoms with E-state index in [1.165, 1.54) is 23.9 Å². The molecule has 0 spiro atoms. The van der Waals surface area contributed by atoms with Crippen molar-refractivity contribution in [2.75, 3.05) is 0 Å². The average Bonchev–Trinajstić information content (AvgIpc) is 2.58. The second kappa shape index (κ2) is 7.43. The molecule has 0 aliphatic rings. The molecule has 142 valence electrons. The van der Waals surface area contributed by atoms with Gasteiger partial charge in [-0.3, -0.25) is 0 Å². The highest BCUT2D eigenvalue weighted by Crippen LogP contribution is 2.34. The Balaban J connectivity index is 1.97. The van der Waals surface area contributed by atoms with Crippen LogP contribution < -0.4 is 5.63 Å². The van der Waals surface area contributed by atoms with Crippen LogP contribution in [0.2, 0.25) is 0 Å². The van der Waals surface area contributed by atoms with Crippen molar-refractivity contribution >= 4 is 22.7 Å². The minimum atomic E-state index is -4.37. The summed E-state index contributed by atoms with van der Waals surface area (Å²) in [4.78, 5) is 12.4. The molecule has 3 aromatic rings. The third kappa shape index (κ3) is 4.38. The Labute approximate surface area is 159 Å². The molecule has 0 fully saturated rings. The summed E-state index contributed by atoms with van der Waals surface area (Å²) in [5, 5.41) is 0.823. The molecule has 2 nitrogen and oxygen atoms in total. The van der Waals surface area contributed by atoms with Gasteiger partial charge in [-0.1, -0.05) is 19.9 Å². The van der Waals surface area contributed by atoms with Gasteiger partial charge in [-0.25, -0.2) is 4.79 Å². The van der Waals surface area contributed by atoms with Crippen molar-refractivity contribution in [2.45, 2.75) is 43.5 Å². The Hall–Kier alpha value is -2.21. The highest BCUT2D eigenvalue weighted by Gasteiger charge is 2.30. The van der Waals surface area contributed by atoms with Crippen LogP contribution in [-0.4, -0.2) is 0 Å². The summed E-state index contributed by atoms with van der Waals surface area (Å²) in [6, 6.07) is 10.5. The third-order valence-electron chi connectivity index (χ3n) is 4.39. The SMILES string of the molecule is Cc1cc2oc(=O)cc(CSc3cccc(C(F)(F)F)c3)c2cc1C(C)C. The molecule has 0 saturated carbocycles. The van der Waals surface area contributed by atoms with Gasteiger partial charge in [0.25, 0.3) is 0 Å². The van der Waals surface area contributed by atoms with Gasteiger partial charge in [-0.2, -0.15) is 13.2 Å². The second-order valence-corrected chi connectivity index (χ2v) is 7.81. The largest absolute Gasteiger partial charge is 0.423 e. The lowest BCUT2D eigenvalue weighted by Crippen LogP contribution is -2.04. The zero-order valence-electron chi connectivity index (χ0n) is 15.2. The molecule has 6 heteroatoms. The smallest absolute Gasteiger partial charge is 0.416 e. The number of benzene rings is 2. The Bertz CT molecular complexity index is 1040. The summed E-state index contributed by atoms with van der Waals surface area (Å²) < 4.78 is 44.0. The topological polar surface area (TPSA) is 30.2 Å². The highest BCUT2D eigenvalue weighted by atomic mass is 32.2. The van der Waals surface area contributed by atoms with Gasteiger partial charge in [0, 0.05) is 22.1 Å². The van der Waals surface area contributed by atoms with E-state index in [0.717, 1.165) is 34.2 Å². The second-order valence-electron chi connectivity index (χ2n) is 6.76. The standard InChI is InChI=1S/C21H19F3O2S/c1-12(2)17-10-18-14(8-20(25)26-19(18)7-13(17)3)11-27-16-6-4-5-15(9-16)21(22,23)24/h4-10,12H,11H2,1-3H3. The average molecular weight is 392 g/mol. The molecule has 0 aliphatic carbocycles. The molecule has 0 unspecified atom stereocenters. The van der Waals surface area contributed by atoms with Crippen molar-refractivity contribution in [3.63, 3.8) is 0 Å². The van der Waals surface area contributed by atoms with Gasteiger partial charge in [0.1, 0.15) is 5.58 Å². The molecule has 0 radical (unpaired) electrons. The monoisotopic (exact) mass is 392 g/mol. The van der Waals surface area contributed by atoms with E-state index in [1.807, 2.05) is 19.1 Å². The number of alkyl halides is 3. The minimum Gasteiger partial charge on any atom is -0.423 e. The van der Waals surface area contributed by atoms with Gasteiger partial charge in [-0.15, -0.1) is 11.8 Å². The molecule has 0 aliphatic heterocycles. The summed E-state index contributed by atoms with van der Waals surface area (Å²) in [5.41, 5.74) is 2.32. The maximum Gasteiger partial charge on any atom is 0.416 e. The van der Waals surface area contributed by atoms with Crippen LogP contribution >= 0.6 is 11.8 Å². The fourth-order valence-electron chi connectivity index (χ4n) is 3.06. The number of fused-ring (bicyclic) bond motifs is 1. The molecule has 0 N–H and O–H groups in total. The van der Waals surface area contributed by atoms with Crippen LogP contribution in [0.4, 0.5) is 13.2 Å². The van der Waals surface area contributed by atoms with Crippen LogP contribution in [0.1, 0.15) is 42.0 Å². The van der Waals surface area contributed by atoms with Crippen molar-refractivity contribution in [3.05, 3.63) is 75.1 Å². The van der Waals surface area contributed by atoms with Crippen LogP contribution in [0.15, 0.2) is 56.6 Å². The van der Waals surface area contributed by atoms with Crippen LogP contribution in [0.3, 0.4) is 0 Å². The molecule has 3 rings (SSSR count). The molecular formula is C21H19F3O2S. The van der Waals surface area contributed by atoms with E-state index in [9.17, 15) is 18.0 Å². The molecule has 1 heterocycles. The van der Waals surface area contributed by atoms with Gasteiger partial charge in [0.15, 0.2) is 0 Å². The number of hydrogen-bond acceptors (Lipinski definition) is 3. The van der Waals surface area contributed by atoms with Crippen LogP contribution in [0.5, 0.6) is 0 Å². The number of thioether (sulfide) groups is 1. The first-order valence-corrected chi connectivity index (χ1v) is 9.51. The van der Waals surface area contributed by atoms with E-state index in [2.05, 4.69) is 13.8 Å². The number of rotatable bonds is 4. The Morgan fingerprint density at radius 2 is 1.85 bits per heavy atom. The number of aryl methyl sites for hydroxylation is 1. The minimum absolute atomic E-state index is 0.310. The first-order valence-electron chi connectivity index (χ1n) is 8.52. The number of hydrogen-bond donors (Lipinski definition) is 0. The Kier molecular flexibility index (Phi) is 5.38.